The molecule has 0 spiro atoms. The van der Waals surface area contributed by atoms with E-state index in [4.69, 9.17) is 15.7 Å². The molecule has 0 bridgehead atoms. The van der Waals surface area contributed by atoms with Crippen molar-refractivity contribution in [3.05, 3.63) is 41.5 Å². The van der Waals surface area contributed by atoms with Gasteiger partial charge in [0.25, 0.3) is 0 Å². The number of carbonyl (C=O) groups excluding carboxylic acids is 1. The van der Waals surface area contributed by atoms with E-state index in [9.17, 15) is 4.79 Å². The van der Waals surface area contributed by atoms with Gasteiger partial charge in [0, 0.05) is 17.0 Å². The number of anilines is 1. The molecule has 1 saturated heterocycles. The van der Waals surface area contributed by atoms with Gasteiger partial charge in [0.2, 0.25) is 5.91 Å². The third-order valence-electron chi connectivity index (χ3n) is 6.58. The van der Waals surface area contributed by atoms with E-state index in [0.717, 1.165) is 71.9 Å². The van der Waals surface area contributed by atoms with E-state index in [0.29, 0.717) is 0 Å². The highest BCUT2D eigenvalue weighted by Gasteiger charge is 2.32. The van der Waals surface area contributed by atoms with Gasteiger partial charge in [-0.1, -0.05) is 43.2 Å². The van der Waals surface area contributed by atoms with Crippen LogP contribution in [0.4, 0.5) is 5.82 Å². The number of nitrogens with two attached hydrogens (primary N) is 1. The Kier molecular flexibility index (Phi) is 5.87. The third kappa shape index (κ3) is 4.29. The van der Waals surface area contributed by atoms with E-state index in [2.05, 4.69) is 39.9 Å². The lowest BCUT2D eigenvalue weighted by atomic mass is 10.0. The second-order valence-electron chi connectivity index (χ2n) is 8.71. The number of thiophene rings is 1. The average molecular weight is 436 g/mol. The minimum Gasteiger partial charge on any atom is -0.369 e. The van der Waals surface area contributed by atoms with E-state index in [1.165, 1.54) is 19.3 Å². The molecule has 3 aromatic rings. The molecule has 1 saturated carbocycles. The van der Waals surface area contributed by atoms with Crippen molar-refractivity contribution in [2.75, 3.05) is 18.4 Å². The molecule has 0 unspecified atom stereocenters. The smallest absolute Gasteiger partial charge is 0.222 e. The SMILES string of the molecule is NC(=O)[C@H]1CCC[C@H]1Nc1nc(CN2CCCCC2)nc2scc(-c3ccccc3)c12. The molecule has 162 valence electrons. The molecule has 5 rings (SSSR count). The fraction of sp³-hybridized carbons (Fsp3) is 0.458. The number of primary amides is 1. The second-order valence-corrected chi connectivity index (χ2v) is 9.57. The van der Waals surface area contributed by atoms with Crippen molar-refractivity contribution in [2.45, 2.75) is 51.1 Å². The van der Waals surface area contributed by atoms with Gasteiger partial charge < -0.3 is 11.1 Å². The van der Waals surface area contributed by atoms with Gasteiger partial charge >= 0.3 is 0 Å². The molecule has 2 atom stereocenters. The zero-order valence-electron chi connectivity index (χ0n) is 17.7. The molecule has 6 nitrogen and oxygen atoms in total. The molecule has 1 amide bonds. The van der Waals surface area contributed by atoms with Crippen LogP contribution in [0.2, 0.25) is 0 Å². The number of amides is 1. The summed E-state index contributed by atoms with van der Waals surface area (Å²) in [5, 5.41) is 6.85. The van der Waals surface area contributed by atoms with E-state index < -0.39 is 0 Å². The van der Waals surface area contributed by atoms with Crippen molar-refractivity contribution in [1.82, 2.24) is 14.9 Å². The summed E-state index contributed by atoms with van der Waals surface area (Å²) < 4.78 is 0. The van der Waals surface area contributed by atoms with Gasteiger partial charge in [0.05, 0.1) is 17.8 Å². The van der Waals surface area contributed by atoms with Gasteiger partial charge in [-0.2, -0.15) is 0 Å². The summed E-state index contributed by atoms with van der Waals surface area (Å²) in [6.45, 7) is 2.99. The first kappa shape index (κ1) is 20.4. The van der Waals surface area contributed by atoms with Crippen LogP contribution in [0.15, 0.2) is 35.7 Å². The lowest BCUT2D eigenvalue weighted by Gasteiger charge is -2.26. The highest BCUT2D eigenvalue weighted by atomic mass is 32.1. The van der Waals surface area contributed by atoms with Crippen molar-refractivity contribution in [3.63, 3.8) is 0 Å². The summed E-state index contributed by atoms with van der Waals surface area (Å²) >= 11 is 1.66. The molecule has 1 aromatic carbocycles. The van der Waals surface area contributed by atoms with Crippen LogP contribution in [0, 0.1) is 5.92 Å². The predicted octanol–water partition coefficient (Wildman–Crippen LogP) is 4.41. The maximum Gasteiger partial charge on any atom is 0.222 e. The number of likely N-dealkylation sites (tertiary alicyclic amines) is 1. The Morgan fingerprint density at radius 3 is 2.68 bits per heavy atom. The van der Waals surface area contributed by atoms with Crippen LogP contribution < -0.4 is 11.1 Å². The summed E-state index contributed by atoms with van der Waals surface area (Å²) in [5.74, 6) is 1.33. The Morgan fingerprint density at radius 1 is 1.10 bits per heavy atom. The molecule has 2 fully saturated rings. The first-order valence-electron chi connectivity index (χ1n) is 11.3. The molecule has 7 heteroatoms. The minimum absolute atomic E-state index is 0.0296. The molecular weight excluding hydrogens is 406 g/mol. The van der Waals surface area contributed by atoms with E-state index in [1.807, 2.05) is 6.07 Å². The molecule has 2 aliphatic rings. The van der Waals surface area contributed by atoms with Crippen LogP contribution in [0.5, 0.6) is 0 Å². The van der Waals surface area contributed by atoms with Crippen LogP contribution in [0.25, 0.3) is 21.3 Å². The maximum atomic E-state index is 12.0. The first-order chi connectivity index (χ1) is 15.2. The van der Waals surface area contributed by atoms with Gasteiger partial charge in [0.15, 0.2) is 0 Å². The zero-order valence-corrected chi connectivity index (χ0v) is 18.5. The highest BCUT2D eigenvalue weighted by Crippen LogP contribution is 2.38. The standard InChI is InChI=1S/C24H29N5OS/c25-22(30)17-10-7-11-19(17)26-23-21-18(16-8-3-1-4-9-16)15-31-24(21)28-20(27-23)14-29-12-5-2-6-13-29/h1,3-4,8-9,15,17,19H,2,5-7,10-14H2,(H2,25,30)(H,26,27,28)/t17-,19+/m0/s1. The summed E-state index contributed by atoms with van der Waals surface area (Å²) in [6.07, 6.45) is 6.59. The van der Waals surface area contributed by atoms with Crippen molar-refractivity contribution < 1.29 is 4.79 Å². The van der Waals surface area contributed by atoms with Gasteiger partial charge in [-0.15, -0.1) is 11.3 Å². The van der Waals surface area contributed by atoms with Gasteiger partial charge in [0.1, 0.15) is 16.5 Å². The second kappa shape index (κ2) is 8.93. The van der Waals surface area contributed by atoms with Crippen LogP contribution in [-0.2, 0) is 11.3 Å². The Morgan fingerprint density at radius 2 is 1.90 bits per heavy atom. The molecule has 0 radical (unpaired) electrons. The van der Waals surface area contributed by atoms with Crippen LogP contribution >= 0.6 is 11.3 Å². The molecule has 3 heterocycles. The number of nitrogens with zero attached hydrogens (tertiary/aromatic N) is 3. The molecule has 1 aliphatic carbocycles. The topological polar surface area (TPSA) is 84.1 Å². The largest absolute Gasteiger partial charge is 0.369 e. The molecule has 3 N–H and O–H groups in total. The highest BCUT2D eigenvalue weighted by molar-refractivity contribution is 7.17. The fourth-order valence-electron chi connectivity index (χ4n) is 4.96. The van der Waals surface area contributed by atoms with E-state index in [-0.39, 0.29) is 17.9 Å². The Labute approximate surface area is 186 Å². The van der Waals surface area contributed by atoms with Gasteiger partial charge in [-0.3, -0.25) is 9.69 Å². The normalized spacial score (nSPS) is 22.1. The monoisotopic (exact) mass is 435 g/mol. The van der Waals surface area contributed by atoms with Crippen LogP contribution in [-0.4, -0.2) is 39.9 Å². The summed E-state index contributed by atoms with van der Waals surface area (Å²) in [4.78, 5) is 25.4. The summed E-state index contributed by atoms with van der Waals surface area (Å²) in [5.41, 5.74) is 7.99. The number of benzene rings is 1. The lowest BCUT2D eigenvalue weighted by molar-refractivity contribution is -0.121. The number of fused-ring (bicyclic) bond motifs is 1. The van der Waals surface area contributed by atoms with Crippen molar-refractivity contribution in [1.29, 1.82) is 0 Å². The quantitative estimate of drug-likeness (QED) is 0.599. The summed E-state index contributed by atoms with van der Waals surface area (Å²) in [6, 6.07) is 10.4. The lowest BCUT2D eigenvalue weighted by Crippen LogP contribution is -2.34. The number of hydrogen-bond donors (Lipinski definition) is 2. The molecular formula is C24H29N5OS. The molecule has 31 heavy (non-hydrogen) atoms. The van der Waals surface area contributed by atoms with Gasteiger partial charge in [-0.05, 0) is 44.3 Å². The number of nitrogens with one attached hydrogen (secondary N) is 1. The van der Waals surface area contributed by atoms with Gasteiger partial charge in [-0.25, -0.2) is 9.97 Å². The first-order valence-corrected chi connectivity index (χ1v) is 12.2. The Bertz CT molecular complexity index is 1060. The number of piperidine rings is 1. The maximum absolute atomic E-state index is 12.0. The van der Waals surface area contributed by atoms with Crippen LogP contribution in [0.3, 0.4) is 0 Å². The Hall–Kier alpha value is -2.51. The van der Waals surface area contributed by atoms with Crippen molar-refractivity contribution >= 4 is 33.3 Å². The molecule has 1 aliphatic heterocycles. The average Bonchev–Trinajstić information content (AvgIpc) is 3.42. The fourth-order valence-corrected chi connectivity index (χ4v) is 5.92. The van der Waals surface area contributed by atoms with Crippen molar-refractivity contribution in [2.24, 2.45) is 11.7 Å². The number of carbonyl (C=O) groups is 1. The van der Waals surface area contributed by atoms with Crippen molar-refractivity contribution in [3.8, 4) is 11.1 Å². The minimum atomic E-state index is -0.220. The zero-order chi connectivity index (χ0) is 21.2. The molecule has 2 aromatic heterocycles. The number of aromatic nitrogens is 2. The number of rotatable bonds is 6. The Balaban J connectivity index is 1.55. The third-order valence-corrected chi connectivity index (χ3v) is 7.45. The predicted molar refractivity (Wildman–Crippen MR) is 126 cm³/mol. The van der Waals surface area contributed by atoms with E-state index >= 15 is 0 Å². The summed E-state index contributed by atoms with van der Waals surface area (Å²) in [7, 11) is 0. The van der Waals surface area contributed by atoms with Crippen LogP contribution in [0.1, 0.15) is 44.3 Å². The van der Waals surface area contributed by atoms with E-state index in [1.54, 1.807) is 11.3 Å². The number of hydrogen-bond acceptors (Lipinski definition) is 6.